The van der Waals surface area contributed by atoms with Crippen molar-refractivity contribution in [1.82, 2.24) is 0 Å². The van der Waals surface area contributed by atoms with E-state index in [2.05, 4.69) is 0 Å². The Hall–Kier alpha value is -2.13. The molecule has 3 rings (SSSR count). The van der Waals surface area contributed by atoms with Gasteiger partial charge < -0.3 is 4.74 Å². The molecule has 0 radical (unpaired) electrons. The standard InChI is InChI=1S/C15H10O2S/c16-15(13-7-8-18-10-13)17-14-6-5-11-3-1-2-4-12(11)9-14/h1-10H. The van der Waals surface area contributed by atoms with Crippen LogP contribution in [-0.4, -0.2) is 5.97 Å². The Labute approximate surface area is 108 Å². The van der Waals surface area contributed by atoms with Gasteiger partial charge in [0, 0.05) is 5.38 Å². The molecule has 1 heterocycles. The molecule has 0 amide bonds. The molecule has 0 aliphatic carbocycles. The van der Waals surface area contributed by atoms with Gasteiger partial charge in [-0.3, -0.25) is 0 Å². The third-order valence-electron chi connectivity index (χ3n) is 2.69. The Morgan fingerprint density at radius 1 is 1.00 bits per heavy atom. The Balaban J connectivity index is 1.89. The molecule has 2 aromatic carbocycles. The highest BCUT2D eigenvalue weighted by molar-refractivity contribution is 7.08. The summed E-state index contributed by atoms with van der Waals surface area (Å²) in [4.78, 5) is 11.8. The van der Waals surface area contributed by atoms with E-state index in [0.29, 0.717) is 11.3 Å². The molecule has 0 atom stereocenters. The summed E-state index contributed by atoms with van der Waals surface area (Å²) < 4.78 is 5.33. The van der Waals surface area contributed by atoms with E-state index in [1.54, 1.807) is 11.4 Å². The molecule has 0 saturated carbocycles. The molecule has 2 nitrogen and oxygen atoms in total. The predicted octanol–water partition coefficient (Wildman–Crippen LogP) is 4.12. The zero-order valence-electron chi connectivity index (χ0n) is 9.50. The van der Waals surface area contributed by atoms with Crippen LogP contribution in [0.3, 0.4) is 0 Å². The van der Waals surface area contributed by atoms with Crippen LogP contribution in [0.15, 0.2) is 59.3 Å². The van der Waals surface area contributed by atoms with Crippen LogP contribution in [-0.2, 0) is 0 Å². The van der Waals surface area contributed by atoms with E-state index in [-0.39, 0.29) is 5.97 Å². The van der Waals surface area contributed by atoms with Gasteiger partial charge in [0.2, 0.25) is 0 Å². The van der Waals surface area contributed by atoms with Crippen molar-refractivity contribution in [2.24, 2.45) is 0 Å². The maximum Gasteiger partial charge on any atom is 0.344 e. The summed E-state index contributed by atoms with van der Waals surface area (Å²) in [5.74, 6) is 0.261. The molecule has 0 unspecified atom stereocenters. The highest BCUT2D eigenvalue weighted by Crippen LogP contribution is 2.21. The number of benzene rings is 2. The maximum absolute atomic E-state index is 11.8. The fraction of sp³-hybridized carbons (Fsp3) is 0. The number of thiophene rings is 1. The molecule has 0 bridgehead atoms. The van der Waals surface area contributed by atoms with Crippen LogP contribution in [0, 0.1) is 0 Å². The highest BCUT2D eigenvalue weighted by atomic mass is 32.1. The second-order valence-corrected chi connectivity index (χ2v) is 4.69. The molecule has 3 aromatic rings. The van der Waals surface area contributed by atoms with Crippen molar-refractivity contribution in [2.75, 3.05) is 0 Å². The van der Waals surface area contributed by atoms with Gasteiger partial charge in [0.1, 0.15) is 5.75 Å². The van der Waals surface area contributed by atoms with Gasteiger partial charge in [0.15, 0.2) is 0 Å². The minimum atomic E-state index is -0.313. The summed E-state index contributed by atoms with van der Waals surface area (Å²) in [5.41, 5.74) is 0.591. The molecule has 0 fully saturated rings. The second kappa shape index (κ2) is 4.63. The Bertz CT molecular complexity index is 687. The lowest BCUT2D eigenvalue weighted by Crippen LogP contribution is -2.06. The summed E-state index contributed by atoms with van der Waals surface area (Å²) >= 11 is 1.48. The molecule has 18 heavy (non-hydrogen) atoms. The molecule has 1 aromatic heterocycles. The Morgan fingerprint density at radius 2 is 1.83 bits per heavy atom. The van der Waals surface area contributed by atoms with Crippen molar-refractivity contribution in [1.29, 1.82) is 0 Å². The zero-order chi connectivity index (χ0) is 12.4. The van der Waals surface area contributed by atoms with E-state index >= 15 is 0 Å². The lowest BCUT2D eigenvalue weighted by molar-refractivity contribution is 0.0735. The summed E-state index contributed by atoms with van der Waals surface area (Å²) in [7, 11) is 0. The zero-order valence-corrected chi connectivity index (χ0v) is 10.3. The molecule has 0 aliphatic rings. The maximum atomic E-state index is 11.8. The van der Waals surface area contributed by atoms with Crippen molar-refractivity contribution in [3.05, 3.63) is 64.9 Å². The summed E-state index contributed by atoms with van der Waals surface area (Å²) in [6, 6.07) is 15.4. The van der Waals surface area contributed by atoms with E-state index in [0.717, 1.165) is 10.8 Å². The van der Waals surface area contributed by atoms with Crippen LogP contribution in [0.25, 0.3) is 10.8 Å². The first-order chi connectivity index (χ1) is 8.83. The highest BCUT2D eigenvalue weighted by Gasteiger charge is 2.08. The third-order valence-corrected chi connectivity index (χ3v) is 3.37. The fourth-order valence-electron chi connectivity index (χ4n) is 1.78. The molecule has 88 valence electrons. The number of fused-ring (bicyclic) bond motifs is 1. The summed E-state index contributed by atoms with van der Waals surface area (Å²) in [5, 5.41) is 5.83. The third kappa shape index (κ3) is 2.13. The first-order valence-electron chi connectivity index (χ1n) is 5.56. The normalized spacial score (nSPS) is 10.4. The van der Waals surface area contributed by atoms with Gasteiger partial charge in [-0.25, -0.2) is 4.79 Å². The molecular formula is C15H10O2S. The van der Waals surface area contributed by atoms with Gasteiger partial charge in [-0.1, -0.05) is 30.3 Å². The number of hydrogen-bond donors (Lipinski definition) is 0. The SMILES string of the molecule is O=C(Oc1ccc2ccccc2c1)c1ccsc1. The molecule has 0 spiro atoms. The van der Waals surface area contributed by atoms with Gasteiger partial charge in [0.05, 0.1) is 5.56 Å². The minimum Gasteiger partial charge on any atom is -0.423 e. The second-order valence-electron chi connectivity index (χ2n) is 3.91. The minimum absolute atomic E-state index is 0.313. The van der Waals surface area contributed by atoms with E-state index in [1.165, 1.54) is 11.3 Å². The van der Waals surface area contributed by atoms with Crippen molar-refractivity contribution in [2.45, 2.75) is 0 Å². The number of ether oxygens (including phenoxy) is 1. The van der Waals surface area contributed by atoms with Gasteiger partial charge in [-0.2, -0.15) is 11.3 Å². The molecule has 0 aliphatic heterocycles. The number of rotatable bonds is 2. The van der Waals surface area contributed by atoms with Crippen molar-refractivity contribution in [3.63, 3.8) is 0 Å². The van der Waals surface area contributed by atoms with Gasteiger partial charge >= 0.3 is 5.97 Å². The average Bonchev–Trinajstić information content (AvgIpc) is 2.92. The molecule has 0 saturated heterocycles. The van der Waals surface area contributed by atoms with Gasteiger partial charge in [0.25, 0.3) is 0 Å². The summed E-state index contributed by atoms with van der Waals surface area (Å²) in [6.07, 6.45) is 0. The smallest absolute Gasteiger partial charge is 0.344 e. The van der Waals surface area contributed by atoms with E-state index in [9.17, 15) is 4.79 Å². The van der Waals surface area contributed by atoms with Crippen LogP contribution < -0.4 is 4.74 Å². The predicted molar refractivity (Wildman–Crippen MR) is 73.2 cm³/mol. The fourth-order valence-corrected chi connectivity index (χ4v) is 2.40. The van der Waals surface area contributed by atoms with Crippen LogP contribution in [0.4, 0.5) is 0 Å². The van der Waals surface area contributed by atoms with Crippen LogP contribution in [0.2, 0.25) is 0 Å². The first-order valence-corrected chi connectivity index (χ1v) is 6.50. The van der Waals surface area contributed by atoms with E-state index < -0.39 is 0 Å². The van der Waals surface area contributed by atoms with E-state index in [4.69, 9.17) is 4.74 Å². The average molecular weight is 254 g/mol. The van der Waals surface area contributed by atoms with Gasteiger partial charge in [-0.15, -0.1) is 0 Å². The van der Waals surface area contributed by atoms with Crippen molar-refractivity contribution >= 4 is 28.1 Å². The quantitative estimate of drug-likeness (QED) is 0.508. The topological polar surface area (TPSA) is 26.3 Å². The van der Waals surface area contributed by atoms with Crippen LogP contribution >= 0.6 is 11.3 Å². The van der Waals surface area contributed by atoms with Crippen molar-refractivity contribution < 1.29 is 9.53 Å². The number of esters is 1. The molecular weight excluding hydrogens is 244 g/mol. The van der Waals surface area contributed by atoms with Crippen LogP contribution in [0.5, 0.6) is 5.75 Å². The molecule has 0 N–H and O–H groups in total. The van der Waals surface area contributed by atoms with E-state index in [1.807, 2.05) is 47.8 Å². The lowest BCUT2D eigenvalue weighted by atomic mass is 10.1. The largest absolute Gasteiger partial charge is 0.423 e. The Morgan fingerprint density at radius 3 is 2.61 bits per heavy atom. The number of hydrogen-bond acceptors (Lipinski definition) is 3. The Kier molecular flexibility index (Phi) is 2.82. The first kappa shape index (κ1) is 11.0. The lowest BCUT2D eigenvalue weighted by Gasteiger charge is -2.04. The van der Waals surface area contributed by atoms with Gasteiger partial charge in [-0.05, 0) is 34.4 Å². The summed E-state index contributed by atoms with van der Waals surface area (Å²) in [6.45, 7) is 0. The number of carbonyl (C=O) groups excluding carboxylic acids is 1. The van der Waals surface area contributed by atoms with Crippen molar-refractivity contribution in [3.8, 4) is 5.75 Å². The number of carbonyl (C=O) groups is 1. The monoisotopic (exact) mass is 254 g/mol. The molecule has 3 heteroatoms. The van der Waals surface area contributed by atoms with Crippen LogP contribution in [0.1, 0.15) is 10.4 Å².